The number of halogens is 1. The lowest BCUT2D eigenvalue weighted by Crippen LogP contribution is -2.35. The fraction of sp³-hybridized carbons (Fsp3) is 0.364. The Morgan fingerprint density at radius 2 is 2.03 bits per heavy atom. The number of nitrogens with zero attached hydrogens (tertiary/aromatic N) is 5. The minimum Gasteiger partial charge on any atom is -0.443 e. The average molecular weight is 424 g/mol. The van der Waals surface area contributed by atoms with E-state index in [-0.39, 0.29) is 5.15 Å². The number of fused-ring (bicyclic) bond motifs is 1. The molecule has 0 radical (unpaired) electrons. The summed E-state index contributed by atoms with van der Waals surface area (Å²) in [6.45, 7) is 14.7. The van der Waals surface area contributed by atoms with E-state index in [1.807, 2.05) is 13.0 Å². The van der Waals surface area contributed by atoms with Gasteiger partial charge in [-0.3, -0.25) is 0 Å². The van der Waals surface area contributed by atoms with Crippen LogP contribution in [0.2, 0.25) is 5.15 Å². The Morgan fingerprint density at radius 1 is 1.30 bits per heavy atom. The van der Waals surface area contributed by atoms with Gasteiger partial charge in [-0.2, -0.15) is 9.61 Å². The Bertz CT molecular complexity index is 1180. The van der Waals surface area contributed by atoms with Crippen molar-refractivity contribution in [2.45, 2.75) is 52.1 Å². The fourth-order valence-electron chi connectivity index (χ4n) is 3.35. The van der Waals surface area contributed by atoms with Crippen molar-refractivity contribution in [2.75, 3.05) is 4.90 Å². The highest BCUT2D eigenvalue weighted by atomic mass is 35.5. The zero-order chi connectivity index (χ0) is 21.6. The molecule has 3 aromatic rings. The molecular weight excluding hydrogens is 402 g/mol. The maximum Gasteiger partial charge on any atom is 0.420 e. The number of amides is 1. The first-order valence-electron chi connectivity index (χ1n) is 9.73. The highest BCUT2D eigenvalue weighted by molar-refractivity contribution is 6.30. The van der Waals surface area contributed by atoms with Crippen molar-refractivity contribution in [3.05, 3.63) is 58.2 Å². The van der Waals surface area contributed by atoms with Crippen LogP contribution in [0.25, 0.3) is 10.5 Å². The van der Waals surface area contributed by atoms with Crippen molar-refractivity contribution in [2.24, 2.45) is 0 Å². The minimum absolute atomic E-state index is 0.256. The van der Waals surface area contributed by atoms with Gasteiger partial charge in [-0.05, 0) is 58.6 Å². The monoisotopic (exact) mass is 423 g/mol. The van der Waals surface area contributed by atoms with E-state index in [1.54, 1.807) is 49.7 Å². The van der Waals surface area contributed by atoms with E-state index in [2.05, 4.69) is 14.9 Å². The summed E-state index contributed by atoms with van der Waals surface area (Å²) >= 11 is 6.36. The van der Waals surface area contributed by atoms with E-state index >= 15 is 0 Å². The van der Waals surface area contributed by atoms with Gasteiger partial charge in [0.2, 0.25) is 0 Å². The summed E-state index contributed by atoms with van der Waals surface area (Å²) in [5, 5.41) is 4.75. The normalized spacial score (nSPS) is 13.9. The predicted octanol–water partition coefficient (Wildman–Crippen LogP) is 6.19. The summed E-state index contributed by atoms with van der Waals surface area (Å²) in [4.78, 5) is 22.7. The quantitative estimate of drug-likeness (QED) is 0.372. The zero-order valence-corrected chi connectivity index (χ0v) is 18.1. The van der Waals surface area contributed by atoms with Crippen molar-refractivity contribution in [3.8, 4) is 0 Å². The molecule has 0 unspecified atom stereocenters. The Morgan fingerprint density at radius 3 is 2.67 bits per heavy atom. The summed E-state index contributed by atoms with van der Waals surface area (Å²) in [6.07, 6.45) is 3.38. The van der Waals surface area contributed by atoms with Gasteiger partial charge in [0, 0.05) is 17.3 Å². The number of rotatable bonds is 3. The highest BCUT2D eigenvalue weighted by Crippen LogP contribution is 2.43. The third-order valence-electron chi connectivity index (χ3n) is 4.71. The fourth-order valence-corrected chi connectivity index (χ4v) is 3.53. The van der Waals surface area contributed by atoms with Gasteiger partial charge in [-0.1, -0.05) is 23.2 Å². The van der Waals surface area contributed by atoms with Gasteiger partial charge in [0.25, 0.3) is 0 Å². The topological polar surface area (TPSA) is 64.1 Å². The minimum atomic E-state index is -0.707. The van der Waals surface area contributed by atoms with Crippen molar-refractivity contribution in [1.29, 1.82) is 0 Å². The molecule has 2 aromatic heterocycles. The van der Waals surface area contributed by atoms with Crippen LogP contribution in [0.3, 0.4) is 0 Å². The summed E-state index contributed by atoms with van der Waals surface area (Å²) in [5.41, 5.74) is 2.72. The SMILES string of the molecule is [C-]#[N+]c1cc(C)cc(N(C(=O)OC(C)(C)C)c2cc(Cl)nc3c(C4CC4)cnn23)c1. The van der Waals surface area contributed by atoms with Crippen LogP contribution in [0.15, 0.2) is 30.5 Å². The second kappa shape index (κ2) is 7.29. The summed E-state index contributed by atoms with van der Waals surface area (Å²) in [7, 11) is 0. The van der Waals surface area contributed by atoms with Gasteiger partial charge in [0.15, 0.2) is 11.3 Å². The molecule has 0 aliphatic heterocycles. The molecule has 1 fully saturated rings. The van der Waals surface area contributed by atoms with E-state index in [0.29, 0.717) is 28.8 Å². The Kier molecular flexibility index (Phi) is 4.91. The van der Waals surface area contributed by atoms with E-state index in [0.717, 1.165) is 24.0 Å². The first kappa shape index (κ1) is 20.2. The zero-order valence-electron chi connectivity index (χ0n) is 17.3. The van der Waals surface area contributed by atoms with Crippen LogP contribution in [-0.4, -0.2) is 26.3 Å². The highest BCUT2D eigenvalue weighted by Gasteiger charge is 2.31. The molecule has 1 saturated carbocycles. The summed E-state index contributed by atoms with van der Waals surface area (Å²) in [6, 6.07) is 6.82. The molecular formula is C22H22ClN5O2. The molecule has 8 heteroatoms. The van der Waals surface area contributed by atoms with Crippen molar-refractivity contribution < 1.29 is 9.53 Å². The molecule has 2 heterocycles. The van der Waals surface area contributed by atoms with Gasteiger partial charge in [0.05, 0.1) is 12.8 Å². The van der Waals surface area contributed by atoms with Crippen LogP contribution in [0.4, 0.5) is 22.0 Å². The second-order valence-electron chi connectivity index (χ2n) is 8.50. The van der Waals surface area contributed by atoms with Crippen LogP contribution in [0, 0.1) is 13.5 Å². The number of carbonyl (C=O) groups excluding carboxylic acids is 1. The summed E-state index contributed by atoms with van der Waals surface area (Å²) < 4.78 is 7.30. The number of aryl methyl sites for hydroxylation is 1. The molecule has 0 atom stereocenters. The molecule has 0 bridgehead atoms. The largest absolute Gasteiger partial charge is 0.443 e. The number of ether oxygens (including phenoxy) is 1. The lowest BCUT2D eigenvalue weighted by atomic mass is 10.1. The lowest BCUT2D eigenvalue weighted by molar-refractivity contribution is 0.0597. The molecule has 0 spiro atoms. The number of hydrogen-bond acceptors (Lipinski definition) is 4. The molecule has 1 aliphatic carbocycles. The van der Waals surface area contributed by atoms with E-state index in [4.69, 9.17) is 22.9 Å². The van der Waals surface area contributed by atoms with E-state index in [9.17, 15) is 4.79 Å². The van der Waals surface area contributed by atoms with Gasteiger partial charge < -0.3 is 4.74 Å². The van der Waals surface area contributed by atoms with Crippen LogP contribution >= 0.6 is 11.6 Å². The van der Waals surface area contributed by atoms with Crippen molar-refractivity contribution >= 4 is 40.5 Å². The number of benzene rings is 1. The molecule has 7 nitrogen and oxygen atoms in total. The predicted molar refractivity (Wildman–Crippen MR) is 116 cm³/mol. The Hall–Kier alpha value is -3.11. The molecule has 1 aromatic carbocycles. The molecule has 0 saturated heterocycles. The van der Waals surface area contributed by atoms with Crippen molar-refractivity contribution in [1.82, 2.24) is 14.6 Å². The molecule has 4 rings (SSSR count). The van der Waals surface area contributed by atoms with Gasteiger partial charge in [-0.15, -0.1) is 0 Å². The molecule has 30 heavy (non-hydrogen) atoms. The standard InChI is InChI=1S/C22H22ClN5O2/c1-13-8-15(24-5)10-16(9-13)27(21(29)30-22(2,3)4)19-11-18(23)26-20-17(14-6-7-14)12-25-28(19)20/h8-12,14H,6-7H2,1-4H3. The van der Waals surface area contributed by atoms with Crippen LogP contribution in [0.5, 0.6) is 0 Å². The smallest absolute Gasteiger partial charge is 0.420 e. The first-order valence-corrected chi connectivity index (χ1v) is 10.1. The van der Waals surface area contributed by atoms with Gasteiger partial charge >= 0.3 is 6.09 Å². The van der Waals surface area contributed by atoms with Crippen LogP contribution in [-0.2, 0) is 4.74 Å². The number of hydrogen-bond donors (Lipinski definition) is 0. The van der Waals surface area contributed by atoms with E-state index in [1.165, 1.54) is 4.90 Å². The third-order valence-corrected chi connectivity index (χ3v) is 4.90. The molecule has 1 amide bonds. The first-order chi connectivity index (χ1) is 14.2. The van der Waals surface area contributed by atoms with E-state index < -0.39 is 11.7 Å². The Balaban J connectivity index is 1.94. The number of anilines is 2. The average Bonchev–Trinajstić information content (AvgIpc) is 3.39. The number of aromatic nitrogens is 3. The van der Waals surface area contributed by atoms with Crippen LogP contribution < -0.4 is 4.90 Å². The molecule has 1 aliphatic rings. The second-order valence-corrected chi connectivity index (χ2v) is 8.89. The molecule has 154 valence electrons. The van der Waals surface area contributed by atoms with Crippen LogP contribution in [0.1, 0.15) is 50.7 Å². The van der Waals surface area contributed by atoms with Crippen molar-refractivity contribution in [3.63, 3.8) is 0 Å². The summed E-state index contributed by atoms with van der Waals surface area (Å²) in [5.74, 6) is 0.830. The molecule has 0 N–H and O–H groups in total. The lowest BCUT2D eigenvalue weighted by Gasteiger charge is -2.28. The van der Waals surface area contributed by atoms with Gasteiger partial charge in [0.1, 0.15) is 16.6 Å². The Labute approximate surface area is 180 Å². The third kappa shape index (κ3) is 3.96. The van der Waals surface area contributed by atoms with Gasteiger partial charge in [-0.25, -0.2) is 19.5 Å². The number of carbonyl (C=O) groups is 1. The maximum absolute atomic E-state index is 13.3. The maximum atomic E-state index is 13.3.